The van der Waals surface area contributed by atoms with Gasteiger partial charge in [-0.15, -0.1) is 52.4 Å². The molecular formula is C42H80CoN6S2-6. The second-order valence-corrected chi connectivity index (χ2v) is 14.9. The fourth-order valence-corrected chi connectivity index (χ4v) is 8.79. The fraction of sp³-hybridized carbons (Fsp3) is 0.952. The Kier molecular flexibility index (Phi) is 44.2. The third-order valence-electron chi connectivity index (χ3n) is 12.1. The molecule has 0 aliphatic carbocycles. The Bertz CT molecular complexity index is 638. The maximum absolute atomic E-state index is 7.13. The van der Waals surface area contributed by atoms with E-state index in [-0.39, 0.29) is 16.8 Å². The van der Waals surface area contributed by atoms with E-state index >= 15 is 0 Å². The molecule has 4 aliphatic heterocycles. The van der Waals surface area contributed by atoms with Crippen molar-refractivity contribution in [1.82, 2.24) is 0 Å². The van der Waals surface area contributed by atoms with Gasteiger partial charge in [-0.3, -0.25) is 0 Å². The summed E-state index contributed by atoms with van der Waals surface area (Å²) in [5, 5.41) is 34.4. The molecule has 0 aromatic rings. The van der Waals surface area contributed by atoms with Crippen molar-refractivity contribution in [2.24, 2.45) is 47.3 Å². The maximum atomic E-state index is 7.13. The first-order chi connectivity index (χ1) is 24.4. The Balaban J connectivity index is -0.000000568. The molecule has 0 amide bonds. The van der Waals surface area contributed by atoms with Crippen LogP contribution >= 0.6 is 0 Å². The normalized spacial score (nSPS) is 18.4. The molecule has 305 valence electrons. The molecule has 4 heterocycles. The van der Waals surface area contributed by atoms with Crippen LogP contribution in [0.3, 0.4) is 0 Å². The summed E-state index contributed by atoms with van der Waals surface area (Å²) in [4.78, 5) is 0. The van der Waals surface area contributed by atoms with Gasteiger partial charge in [0.1, 0.15) is 0 Å². The molecule has 0 unspecified atom stereocenters. The molecule has 4 saturated heterocycles. The average molecular weight is 792 g/mol. The minimum atomic E-state index is 0. The zero-order chi connectivity index (χ0) is 37.8. The van der Waals surface area contributed by atoms with E-state index < -0.39 is 0 Å². The summed E-state index contributed by atoms with van der Waals surface area (Å²) in [6.07, 6.45) is 21.7. The monoisotopic (exact) mass is 792 g/mol. The predicted molar refractivity (Wildman–Crippen MR) is 226 cm³/mol. The molecule has 0 aromatic carbocycles. The van der Waals surface area contributed by atoms with Crippen LogP contribution in [0.1, 0.15) is 158 Å². The van der Waals surface area contributed by atoms with Crippen LogP contribution in [-0.4, -0.2) is 52.4 Å². The van der Waals surface area contributed by atoms with Gasteiger partial charge in [0, 0.05) is 16.8 Å². The van der Waals surface area contributed by atoms with Gasteiger partial charge in [-0.2, -0.15) is 0 Å². The third-order valence-corrected chi connectivity index (χ3v) is 12.1. The fourth-order valence-electron chi connectivity index (χ4n) is 8.79. The number of nitriles is 2. The largest absolute Gasteiger partial charge is 0.696 e. The molecular weight excluding hydrogens is 712 g/mol. The number of rotatable bonds is 12. The van der Waals surface area contributed by atoms with Crippen molar-refractivity contribution in [3.8, 4) is 10.8 Å². The summed E-state index contributed by atoms with van der Waals surface area (Å²) in [5.74, 6) is 7.86. The van der Waals surface area contributed by atoms with Crippen molar-refractivity contribution < 1.29 is 16.8 Å². The molecule has 4 aliphatic rings. The molecule has 4 fully saturated rings. The summed E-state index contributed by atoms with van der Waals surface area (Å²) < 4.78 is 0. The van der Waals surface area contributed by atoms with Crippen LogP contribution in [0.5, 0.6) is 0 Å². The summed E-state index contributed by atoms with van der Waals surface area (Å²) in [7, 11) is 0. The van der Waals surface area contributed by atoms with Crippen LogP contribution in [0.2, 0.25) is 0 Å². The number of hydrogen-bond acceptors (Lipinski definition) is 4. The first-order valence-corrected chi connectivity index (χ1v) is 21.7. The first kappa shape index (κ1) is 55.1. The minimum Gasteiger partial charge on any atom is -0.696 e. The van der Waals surface area contributed by atoms with Crippen LogP contribution in [-0.2, 0) is 42.0 Å². The van der Waals surface area contributed by atoms with Gasteiger partial charge < -0.3 is 46.5 Å². The van der Waals surface area contributed by atoms with Crippen molar-refractivity contribution in [3.63, 3.8) is 0 Å². The molecule has 0 bridgehead atoms. The van der Waals surface area contributed by atoms with Gasteiger partial charge in [0.15, 0.2) is 0 Å². The average Bonchev–Trinajstić information content (AvgIpc) is 3.17. The van der Waals surface area contributed by atoms with E-state index in [0.29, 0.717) is 0 Å². The Hall–Kier alpha value is -0.234. The van der Waals surface area contributed by atoms with E-state index in [0.717, 1.165) is 99.7 Å². The molecule has 51 heavy (non-hydrogen) atoms. The SMILES string of the molecule is CCC(CC)C1CC[N-]CC1.CCC(CC)C1CC[N-]CC1.CCC(CC)C1CC[N-]CC1.CCC(CC)C1CC[N-]CC1.N#C[S-].N#C[S-].[Co]. The van der Waals surface area contributed by atoms with Crippen LogP contribution in [0.4, 0.5) is 0 Å². The molecule has 0 aromatic heterocycles. The van der Waals surface area contributed by atoms with Gasteiger partial charge in [-0.25, -0.2) is 10.5 Å². The van der Waals surface area contributed by atoms with Crippen molar-refractivity contribution in [2.45, 2.75) is 158 Å². The summed E-state index contributed by atoms with van der Waals surface area (Å²) in [5.41, 5.74) is 0. The predicted octanol–water partition coefficient (Wildman–Crippen LogP) is 12.9. The van der Waals surface area contributed by atoms with Gasteiger partial charge in [-0.1, -0.05) is 169 Å². The summed E-state index contributed by atoms with van der Waals surface area (Å²) >= 11 is 7.40. The number of hydrogen-bond donors (Lipinski definition) is 0. The van der Waals surface area contributed by atoms with E-state index in [1.54, 1.807) is 0 Å². The second kappa shape index (κ2) is 40.9. The Morgan fingerprint density at radius 1 is 0.392 bits per heavy atom. The maximum Gasteiger partial charge on any atom is 0 e. The number of piperidine rings is 4. The van der Waals surface area contributed by atoms with Crippen LogP contribution in [0.15, 0.2) is 0 Å². The molecule has 0 atom stereocenters. The minimum absolute atomic E-state index is 0. The molecule has 9 heteroatoms. The van der Waals surface area contributed by atoms with E-state index in [9.17, 15) is 0 Å². The molecule has 0 N–H and O–H groups in total. The van der Waals surface area contributed by atoms with Gasteiger partial charge >= 0.3 is 0 Å². The van der Waals surface area contributed by atoms with Crippen molar-refractivity contribution in [2.75, 3.05) is 52.4 Å². The summed E-state index contributed by atoms with van der Waals surface area (Å²) in [6, 6.07) is 0. The van der Waals surface area contributed by atoms with Crippen LogP contribution in [0, 0.1) is 68.7 Å². The second-order valence-electron chi connectivity index (χ2n) is 14.5. The summed E-state index contributed by atoms with van der Waals surface area (Å²) in [6.45, 7) is 27.6. The van der Waals surface area contributed by atoms with Gasteiger partial charge in [-0.05, 0) is 47.3 Å². The molecule has 6 nitrogen and oxygen atoms in total. The van der Waals surface area contributed by atoms with E-state index in [1.807, 2.05) is 0 Å². The molecule has 0 saturated carbocycles. The Morgan fingerprint density at radius 2 is 0.510 bits per heavy atom. The molecule has 4 rings (SSSR count). The first-order valence-electron chi connectivity index (χ1n) is 20.9. The van der Waals surface area contributed by atoms with Gasteiger partial charge in [0.05, 0.1) is 0 Å². The van der Waals surface area contributed by atoms with Gasteiger partial charge in [0.2, 0.25) is 0 Å². The molecule has 0 spiro atoms. The van der Waals surface area contributed by atoms with E-state index in [1.165, 1.54) is 114 Å². The Morgan fingerprint density at radius 3 is 0.608 bits per heavy atom. The van der Waals surface area contributed by atoms with Crippen molar-refractivity contribution in [1.29, 1.82) is 10.5 Å². The standard InChI is InChI=1S/4C10H20N.2CHNS.Co/c4*1-3-9(4-2)10-5-7-11-8-6-10;2*2-1-3;/h4*9-10H,3-8H2,1-2H3;2*3H;/q4*-1;;;/p-2. The number of thiocyanates is 2. The topological polar surface area (TPSA) is 104 Å². The zero-order valence-electron chi connectivity index (χ0n) is 34.4. The quantitative estimate of drug-likeness (QED) is 0.145. The van der Waals surface area contributed by atoms with Crippen molar-refractivity contribution >= 4 is 25.3 Å². The Labute approximate surface area is 340 Å². The molecule has 1 radical (unpaired) electrons. The smallest absolute Gasteiger partial charge is 0 e. The van der Waals surface area contributed by atoms with Crippen LogP contribution in [0.25, 0.3) is 21.3 Å². The van der Waals surface area contributed by atoms with E-state index in [4.69, 9.17) is 10.5 Å². The number of nitrogens with zero attached hydrogens (tertiary/aromatic N) is 6. The van der Waals surface area contributed by atoms with Crippen molar-refractivity contribution in [3.05, 3.63) is 21.3 Å². The van der Waals surface area contributed by atoms with E-state index in [2.05, 4.69) is 102 Å². The zero-order valence-corrected chi connectivity index (χ0v) is 37.1. The van der Waals surface area contributed by atoms with Crippen LogP contribution < -0.4 is 0 Å². The third kappa shape index (κ3) is 27.9. The van der Waals surface area contributed by atoms with Gasteiger partial charge in [0.25, 0.3) is 0 Å².